The van der Waals surface area contributed by atoms with Crippen molar-refractivity contribution in [2.24, 2.45) is 0 Å². The zero-order valence-corrected chi connectivity index (χ0v) is 16.7. The lowest BCUT2D eigenvalue weighted by molar-refractivity contribution is -0.127. The Balaban J connectivity index is 1.71. The molecule has 4 rings (SSSR count). The maximum absolute atomic E-state index is 13.5. The van der Waals surface area contributed by atoms with E-state index in [0.717, 1.165) is 31.2 Å². The first-order chi connectivity index (χ1) is 13.5. The van der Waals surface area contributed by atoms with E-state index in [1.165, 1.54) is 9.87 Å². The van der Waals surface area contributed by atoms with Gasteiger partial charge in [0, 0.05) is 6.54 Å². The number of carbonyl (C=O) groups excluding carboxylic acids is 1. The minimum Gasteiger partial charge on any atom is -0.476 e. The van der Waals surface area contributed by atoms with Crippen molar-refractivity contribution in [3.8, 4) is 5.75 Å². The third-order valence-electron chi connectivity index (χ3n) is 5.23. The van der Waals surface area contributed by atoms with Crippen molar-refractivity contribution in [2.45, 2.75) is 43.6 Å². The van der Waals surface area contributed by atoms with Crippen molar-refractivity contribution in [3.63, 3.8) is 0 Å². The fourth-order valence-electron chi connectivity index (χ4n) is 3.76. The van der Waals surface area contributed by atoms with E-state index >= 15 is 0 Å². The molecule has 1 N–H and O–H groups in total. The summed E-state index contributed by atoms with van der Waals surface area (Å²) in [4.78, 5) is 12.7. The van der Waals surface area contributed by atoms with Crippen LogP contribution in [0.2, 0.25) is 0 Å². The van der Waals surface area contributed by atoms with Crippen LogP contribution in [0.15, 0.2) is 47.4 Å². The highest BCUT2D eigenvalue weighted by Gasteiger charge is 2.37. The number of sulfonamides is 1. The molecule has 1 aliphatic heterocycles. The predicted molar refractivity (Wildman–Crippen MR) is 107 cm³/mol. The number of hydrogen-bond acceptors (Lipinski definition) is 4. The number of carbonyl (C=O) groups is 1. The Morgan fingerprint density at radius 1 is 1.18 bits per heavy atom. The topological polar surface area (TPSA) is 75.7 Å². The van der Waals surface area contributed by atoms with E-state index in [1.54, 1.807) is 36.4 Å². The third-order valence-corrected chi connectivity index (χ3v) is 7.01. The maximum atomic E-state index is 13.5. The molecule has 0 aromatic heterocycles. The normalized spacial score (nSPS) is 18.2. The van der Waals surface area contributed by atoms with Crippen molar-refractivity contribution < 1.29 is 17.9 Å². The van der Waals surface area contributed by atoms with Gasteiger partial charge in [-0.05, 0) is 61.1 Å². The van der Waals surface area contributed by atoms with E-state index in [9.17, 15) is 13.2 Å². The molecular weight excluding hydrogens is 376 g/mol. The summed E-state index contributed by atoms with van der Waals surface area (Å²) in [5.41, 5.74) is 2.78. The summed E-state index contributed by atoms with van der Waals surface area (Å²) < 4.78 is 34.1. The first-order valence-electron chi connectivity index (χ1n) is 9.68. The quantitative estimate of drug-likeness (QED) is 0.837. The molecule has 2 aliphatic rings. The summed E-state index contributed by atoms with van der Waals surface area (Å²) in [6.07, 6.45) is 2.87. The first kappa shape index (κ1) is 18.8. The highest BCUT2D eigenvalue weighted by Crippen LogP contribution is 2.37. The second-order valence-electron chi connectivity index (χ2n) is 7.19. The van der Waals surface area contributed by atoms with Gasteiger partial charge in [-0.3, -0.25) is 9.10 Å². The molecule has 1 amide bonds. The number of anilines is 1. The molecule has 6 nitrogen and oxygen atoms in total. The number of fused-ring (bicyclic) bond motifs is 2. The molecule has 0 saturated carbocycles. The van der Waals surface area contributed by atoms with E-state index in [-0.39, 0.29) is 17.3 Å². The molecule has 0 bridgehead atoms. The summed E-state index contributed by atoms with van der Waals surface area (Å²) in [6.45, 7) is 2.44. The molecule has 2 aromatic rings. The summed E-state index contributed by atoms with van der Waals surface area (Å²) >= 11 is 0. The van der Waals surface area contributed by atoms with Gasteiger partial charge in [-0.15, -0.1) is 0 Å². The first-order valence-corrected chi connectivity index (χ1v) is 11.1. The zero-order valence-electron chi connectivity index (χ0n) is 15.8. The van der Waals surface area contributed by atoms with Gasteiger partial charge in [0.2, 0.25) is 0 Å². The Morgan fingerprint density at radius 3 is 2.79 bits per heavy atom. The minimum atomic E-state index is -3.81. The lowest BCUT2D eigenvalue weighted by atomic mass is 10.1. The second-order valence-corrected chi connectivity index (χ2v) is 9.05. The third kappa shape index (κ3) is 3.35. The summed E-state index contributed by atoms with van der Waals surface area (Å²) in [6, 6.07) is 12.3. The van der Waals surface area contributed by atoms with Crippen molar-refractivity contribution >= 4 is 21.6 Å². The second kappa shape index (κ2) is 7.47. The molecule has 28 heavy (non-hydrogen) atoms. The molecule has 0 saturated heterocycles. The Hall–Kier alpha value is -2.54. The molecule has 1 unspecified atom stereocenters. The summed E-state index contributed by atoms with van der Waals surface area (Å²) in [5, 5.41) is 2.79. The largest absolute Gasteiger partial charge is 0.476 e. The van der Waals surface area contributed by atoms with Crippen LogP contribution in [0.25, 0.3) is 0 Å². The van der Waals surface area contributed by atoms with Gasteiger partial charge < -0.3 is 10.1 Å². The summed E-state index contributed by atoms with van der Waals surface area (Å²) in [7, 11) is -3.81. The van der Waals surface area contributed by atoms with Crippen molar-refractivity contribution in [2.75, 3.05) is 17.4 Å². The highest BCUT2D eigenvalue weighted by atomic mass is 32.2. The van der Waals surface area contributed by atoms with E-state index in [2.05, 4.69) is 5.32 Å². The smallest absolute Gasteiger partial charge is 0.264 e. The number of hydrogen-bond donors (Lipinski definition) is 1. The molecule has 148 valence electrons. The monoisotopic (exact) mass is 400 g/mol. The Morgan fingerprint density at radius 2 is 1.96 bits per heavy atom. The lowest BCUT2D eigenvalue weighted by Crippen LogP contribution is -2.50. The van der Waals surface area contributed by atoms with E-state index in [1.807, 2.05) is 13.0 Å². The highest BCUT2D eigenvalue weighted by molar-refractivity contribution is 7.92. The Bertz CT molecular complexity index is 1000. The molecule has 0 fully saturated rings. The summed E-state index contributed by atoms with van der Waals surface area (Å²) in [5.74, 6) is 0.0978. The van der Waals surface area contributed by atoms with Gasteiger partial charge >= 0.3 is 0 Å². The lowest BCUT2D eigenvalue weighted by Gasteiger charge is -2.34. The van der Waals surface area contributed by atoms with Crippen molar-refractivity contribution in [1.82, 2.24) is 5.32 Å². The van der Waals surface area contributed by atoms with Crippen molar-refractivity contribution in [1.29, 1.82) is 0 Å². The van der Waals surface area contributed by atoms with Crippen LogP contribution in [0, 0.1) is 0 Å². The Kier molecular flexibility index (Phi) is 5.02. The van der Waals surface area contributed by atoms with Crippen LogP contribution >= 0.6 is 0 Å². The van der Waals surface area contributed by atoms with Gasteiger partial charge in [0.25, 0.3) is 15.9 Å². The van der Waals surface area contributed by atoms with Gasteiger partial charge in [0.15, 0.2) is 6.10 Å². The zero-order chi connectivity index (χ0) is 19.7. The van der Waals surface area contributed by atoms with Gasteiger partial charge in [0.1, 0.15) is 5.75 Å². The molecule has 0 radical (unpaired) electrons. The van der Waals surface area contributed by atoms with E-state index in [4.69, 9.17) is 4.74 Å². The Labute approximate surface area is 165 Å². The van der Waals surface area contributed by atoms with Crippen LogP contribution in [0.1, 0.15) is 30.9 Å². The number of aryl methyl sites for hydroxylation is 2. The molecule has 7 heteroatoms. The van der Waals surface area contributed by atoms with Crippen LogP contribution in [-0.4, -0.2) is 33.5 Å². The van der Waals surface area contributed by atoms with Gasteiger partial charge in [0.05, 0.1) is 17.1 Å². The van der Waals surface area contributed by atoms with Gasteiger partial charge in [-0.2, -0.15) is 0 Å². The average molecular weight is 401 g/mol. The minimum absolute atomic E-state index is 0.0496. The van der Waals surface area contributed by atoms with Gasteiger partial charge in [-0.1, -0.05) is 25.1 Å². The number of benzene rings is 2. The fourth-order valence-corrected chi connectivity index (χ4v) is 5.29. The molecular formula is C21H24N2O4S. The predicted octanol–water partition coefficient (Wildman–Crippen LogP) is 2.66. The molecule has 1 heterocycles. The molecule has 1 aliphatic carbocycles. The van der Waals surface area contributed by atoms with Crippen LogP contribution in [-0.2, 0) is 27.7 Å². The SMILES string of the molecule is CCCNC(=O)C1CN(S(=O)(=O)c2ccc3c(c2)CCC3)c2ccccc2O1. The number of amides is 1. The standard InChI is InChI=1S/C21H24N2O4S/c1-2-12-22-21(24)20-14-23(18-8-3-4-9-19(18)27-20)28(25,26)17-11-10-15-6-5-7-16(15)13-17/h3-4,8-11,13,20H,2,5-7,12,14H2,1H3,(H,22,24). The molecule has 0 spiro atoms. The maximum Gasteiger partial charge on any atom is 0.264 e. The van der Waals surface area contributed by atoms with Crippen molar-refractivity contribution in [3.05, 3.63) is 53.6 Å². The molecule has 1 atom stereocenters. The average Bonchev–Trinajstić information content (AvgIpc) is 3.19. The number of nitrogens with zero attached hydrogens (tertiary/aromatic N) is 1. The number of ether oxygens (including phenoxy) is 1. The number of rotatable bonds is 5. The van der Waals surface area contributed by atoms with E-state index < -0.39 is 16.1 Å². The van der Waals surface area contributed by atoms with Crippen LogP contribution in [0.4, 0.5) is 5.69 Å². The van der Waals surface area contributed by atoms with Crippen LogP contribution in [0.3, 0.4) is 0 Å². The van der Waals surface area contributed by atoms with Gasteiger partial charge in [-0.25, -0.2) is 8.42 Å². The van der Waals surface area contributed by atoms with Crippen LogP contribution < -0.4 is 14.4 Å². The number of para-hydroxylation sites is 2. The number of nitrogens with one attached hydrogen (secondary N) is 1. The van der Waals surface area contributed by atoms with Crippen LogP contribution in [0.5, 0.6) is 5.75 Å². The fraction of sp³-hybridized carbons (Fsp3) is 0.381. The van der Waals surface area contributed by atoms with E-state index in [0.29, 0.717) is 18.0 Å². The molecule has 2 aromatic carbocycles.